The standard InChI is InChI=1S/C35H35N5O5/c1-2-17-38-23-33(43)39-29(18-25-15-16-30(41)31(42)19-25)34(44)37(21-27-13-8-12-26-11-6-7-14-28(26)27)22-32(39)40(38)35(45)36-20-24-9-4-3-5-10-24/h2-16,19,29,32,41-42H,1,17-18,20-23H2,(H,36,45)/t29-,32-/m0/s1. The zero-order chi connectivity index (χ0) is 31.5. The third-order valence-corrected chi connectivity index (χ3v) is 8.37. The number of amides is 4. The smallest absolute Gasteiger partial charge is 0.334 e. The highest BCUT2D eigenvalue weighted by molar-refractivity contribution is 5.92. The summed E-state index contributed by atoms with van der Waals surface area (Å²) in [5, 5.41) is 28.3. The molecule has 2 saturated heterocycles. The van der Waals surface area contributed by atoms with Crippen molar-refractivity contribution in [2.24, 2.45) is 0 Å². The van der Waals surface area contributed by atoms with Gasteiger partial charge >= 0.3 is 6.03 Å². The predicted molar refractivity (Wildman–Crippen MR) is 170 cm³/mol. The molecular formula is C35H35N5O5. The summed E-state index contributed by atoms with van der Waals surface area (Å²) < 4.78 is 0. The van der Waals surface area contributed by atoms with E-state index < -0.39 is 18.2 Å². The van der Waals surface area contributed by atoms with Gasteiger partial charge in [-0.1, -0.05) is 84.9 Å². The van der Waals surface area contributed by atoms with Crippen molar-refractivity contribution in [2.75, 3.05) is 19.6 Å². The molecule has 0 aromatic heterocycles. The number of hydrogen-bond acceptors (Lipinski definition) is 6. The van der Waals surface area contributed by atoms with Crippen molar-refractivity contribution in [1.29, 1.82) is 0 Å². The summed E-state index contributed by atoms with van der Waals surface area (Å²) in [7, 11) is 0. The zero-order valence-corrected chi connectivity index (χ0v) is 24.8. The number of benzene rings is 4. The molecule has 0 saturated carbocycles. The number of urea groups is 1. The van der Waals surface area contributed by atoms with Crippen molar-refractivity contribution >= 4 is 28.6 Å². The van der Waals surface area contributed by atoms with Gasteiger partial charge in [-0.3, -0.25) is 9.59 Å². The highest BCUT2D eigenvalue weighted by Gasteiger charge is 2.51. The van der Waals surface area contributed by atoms with Crippen LogP contribution < -0.4 is 5.32 Å². The Bertz CT molecular complexity index is 1740. The van der Waals surface area contributed by atoms with Gasteiger partial charge in [0.1, 0.15) is 12.2 Å². The quantitative estimate of drug-likeness (QED) is 0.207. The minimum Gasteiger partial charge on any atom is -0.504 e. The van der Waals surface area contributed by atoms with Crippen LogP contribution in [0.15, 0.2) is 104 Å². The van der Waals surface area contributed by atoms with E-state index in [0.29, 0.717) is 5.56 Å². The van der Waals surface area contributed by atoms with E-state index >= 15 is 0 Å². The molecule has 2 aliphatic rings. The molecule has 2 aliphatic heterocycles. The van der Waals surface area contributed by atoms with Gasteiger partial charge in [-0.15, -0.1) is 6.58 Å². The molecule has 6 rings (SSSR count). The van der Waals surface area contributed by atoms with Crippen LogP contribution in [0.3, 0.4) is 0 Å². The van der Waals surface area contributed by atoms with Crippen molar-refractivity contribution in [1.82, 2.24) is 25.1 Å². The molecule has 4 aromatic rings. The Morgan fingerprint density at radius 1 is 0.911 bits per heavy atom. The van der Waals surface area contributed by atoms with Crippen molar-refractivity contribution in [3.8, 4) is 11.5 Å². The van der Waals surface area contributed by atoms with Gasteiger partial charge in [0.05, 0.1) is 13.1 Å². The number of fused-ring (bicyclic) bond motifs is 2. The van der Waals surface area contributed by atoms with Gasteiger partial charge in [-0.2, -0.15) is 0 Å². The first-order chi connectivity index (χ1) is 21.8. The Kier molecular flexibility index (Phi) is 8.39. The summed E-state index contributed by atoms with van der Waals surface area (Å²) >= 11 is 0. The second kappa shape index (κ2) is 12.7. The number of hydrazine groups is 1. The Morgan fingerprint density at radius 3 is 2.44 bits per heavy atom. The lowest BCUT2D eigenvalue weighted by Crippen LogP contribution is -2.76. The summed E-state index contributed by atoms with van der Waals surface area (Å²) in [4.78, 5) is 45.2. The Labute approximate surface area is 261 Å². The van der Waals surface area contributed by atoms with Gasteiger partial charge in [0.15, 0.2) is 11.5 Å². The van der Waals surface area contributed by atoms with E-state index in [1.807, 2.05) is 72.8 Å². The van der Waals surface area contributed by atoms with E-state index in [1.54, 1.807) is 22.1 Å². The van der Waals surface area contributed by atoms with E-state index in [1.165, 1.54) is 22.0 Å². The van der Waals surface area contributed by atoms with Crippen molar-refractivity contribution < 1.29 is 24.6 Å². The highest BCUT2D eigenvalue weighted by atomic mass is 16.3. The molecule has 2 heterocycles. The molecule has 0 unspecified atom stereocenters. The average molecular weight is 606 g/mol. The number of rotatable bonds is 8. The fourth-order valence-corrected chi connectivity index (χ4v) is 6.25. The second-order valence-electron chi connectivity index (χ2n) is 11.3. The summed E-state index contributed by atoms with van der Waals surface area (Å²) in [6.07, 6.45) is 0.922. The SMILES string of the molecule is C=CCN1CC(=O)N2[C@@H](Cc3ccc(O)c(O)c3)C(=O)N(Cc3cccc4ccccc34)C[C@@H]2N1C(=O)NCc1ccccc1. The van der Waals surface area contributed by atoms with Crippen molar-refractivity contribution in [3.05, 3.63) is 120 Å². The molecule has 45 heavy (non-hydrogen) atoms. The van der Waals surface area contributed by atoms with Crippen molar-refractivity contribution in [2.45, 2.75) is 31.7 Å². The number of phenols is 2. The molecule has 2 atom stereocenters. The van der Waals surface area contributed by atoms with Gasteiger partial charge in [0.2, 0.25) is 11.8 Å². The molecule has 4 amide bonds. The summed E-state index contributed by atoms with van der Waals surface area (Å²) in [6, 6.07) is 26.5. The Hall–Kier alpha value is -5.35. The first-order valence-electron chi connectivity index (χ1n) is 14.9. The average Bonchev–Trinajstić information content (AvgIpc) is 3.04. The molecule has 0 aliphatic carbocycles. The van der Waals surface area contributed by atoms with Gasteiger partial charge in [-0.25, -0.2) is 14.8 Å². The summed E-state index contributed by atoms with van der Waals surface area (Å²) in [5.74, 6) is -1.15. The molecule has 0 radical (unpaired) electrons. The molecular weight excluding hydrogens is 570 g/mol. The molecule has 4 aromatic carbocycles. The molecule has 10 heteroatoms. The Balaban J connectivity index is 1.38. The molecule has 3 N–H and O–H groups in total. The van der Waals surface area contributed by atoms with Crippen LogP contribution >= 0.6 is 0 Å². The lowest BCUT2D eigenvalue weighted by Gasteiger charge is -2.55. The van der Waals surface area contributed by atoms with E-state index in [4.69, 9.17) is 0 Å². The van der Waals surface area contributed by atoms with Crippen LogP contribution in [0.5, 0.6) is 11.5 Å². The molecule has 10 nitrogen and oxygen atoms in total. The summed E-state index contributed by atoms with van der Waals surface area (Å²) in [6.45, 7) is 4.63. The van der Waals surface area contributed by atoms with Gasteiger partial charge in [-0.05, 0) is 39.6 Å². The zero-order valence-electron chi connectivity index (χ0n) is 24.8. The first-order valence-corrected chi connectivity index (χ1v) is 14.9. The topological polar surface area (TPSA) is 117 Å². The third kappa shape index (κ3) is 6.05. The lowest BCUT2D eigenvalue weighted by atomic mass is 9.97. The maximum absolute atomic E-state index is 14.3. The lowest BCUT2D eigenvalue weighted by molar-refractivity contribution is -0.189. The van der Waals surface area contributed by atoms with Crippen LogP contribution in [0.1, 0.15) is 16.7 Å². The number of nitrogens with one attached hydrogen (secondary N) is 1. The van der Waals surface area contributed by atoms with Crippen LogP contribution in [0.4, 0.5) is 4.79 Å². The number of carbonyl (C=O) groups excluding carboxylic acids is 3. The fourth-order valence-electron chi connectivity index (χ4n) is 6.25. The monoisotopic (exact) mass is 605 g/mol. The molecule has 0 bridgehead atoms. The number of phenolic OH excluding ortho intramolecular Hbond substituents is 2. The Morgan fingerprint density at radius 2 is 1.67 bits per heavy atom. The largest absolute Gasteiger partial charge is 0.504 e. The van der Waals surface area contributed by atoms with Gasteiger partial charge < -0.3 is 25.3 Å². The fraction of sp³-hybridized carbons (Fsp3) is 0.229. The molecule has 0 spiro atoms. The summed E-state index contributed by atoms with van der Waals surface area (Å²) in [5.41, 5.74) is 2.43. The number of piperazine rings is 1. The minimum absolute atomic E-state index is 0.0852. The van der Waals surface area contributed by atoms with Crippen molar-refractivity contribution in [3.63, 3.8) is 0 Å². The van der Waals surface area contributed by atoms with Crippen LogP contribution in [-0.2, 0) is 29.1 Å². The second-order valence-corrected chi connectivity index (χ2v) is 11.3. The molecule has 230 valence electrons. The predicted octanol–water partition coefficient (Wildman–Crippen LogP) is 3.99. The van der Waals surface area contributed by atoms with Gasteiger partial charge in [0, 0.05) is 26.1 Å². The van der Waals surface area contributed by atoms with E-state index in [2.05, 4.69) is 11.9 Å². The normalized spacial score (nSPS) is 18.6. The van der Waals surface area contributed by atoms with E-state index in [0.717, 1.165) is 21.9 Å². The minimum atomic E-state index is -0.953. The maximum atomic E-state index is 14.3. The molecule has 2 fully saturated rings. The van der Waals surface area contributed by atoms with E-state index in [-0.39, 0.29) is 62.5 Å². The highest BCUT2D eigenvalue weighted by Crippen LogP contribution is 2.32. The third-order valence-electron chi connectivity index (χ3n) is 8.37. The number of aromatic hydroxyl groups is 2. The van der Waals surface area contributed by atoms with Crippen LogP contribution in [0.2, 0.25) is 0 Å². The number of hydrogen-bond donors (Lipinski definition) is 3. The number of carbonyl (C=O) groups is 3. The van der Waals surface area contributed by atoms with Gasteiger partial charge in [0.25, 0.3) is 0 Å². The maximum Gasteiger partial charge on any atom is 0.334 e. The first kappa shape index (κ1) is 29.7. The number of nitrogens with zero attached hydrogens (tertiary/aromatic N) is 4. The van der Waals surface area contributed by atoms with E-state index in [9.17, 15) is 24.6 Å². The van der Waals surface area contributed by atoms with Crippen LogP contribution in [0.25, 0.3) is 10.8 Å². The van der Waals surface area contributed by atoms with Crippen LogP contribution in [-0.4, -0.2) is 79.7 Å². The van der Waals surface area contributed by atoms with Crippen LogP contribution in [0, 0.1) is 0 Å².